The summed E-state index contributed by atoms with van der Waals surface area (Å²) in [5.74, 6) is 0.655. The van der Waals surface area contributed by atoms with E-state index in [1.165, 1.54) is 10.7 Å². The molecule has 2 rings (SSSR count). The zero-order valence-electron chi connectivity index (χ0n) is 7.40. The fourth-order valence-electron chi connectivity index (χ4n) is 1.11. The maximum Gasteiger partial charge on any atom is 0.348 e. The third-order valence-electron chi connectivity index (χ3n) is 1.76. The molecule has 0 atom stereocenters. The van der Waals surface area contributed by atoms with E-state index in [2.05, 4.69) is 20.5 Å². The van der Waals surface area contributed by atoms with E-state index in [4.69, 9.17) is 5.73 Å². The molecule has 2 aromatic rings. The predicted octanol–water partition coefficient (Wildman–Crippen LogP) is -1.21. The molecule has 2 heterocycles. The molecule has 0 spiro atoms. The maximum atomic E-state index is 11.1. The molecule has 0 saturated heterocycles. The Morgan fingerprint density at radius 3 is 3.29 bits per heavy atom. The summed E-state index contributed by atoms with van der Waals surface area (Å²) >= 11 is 0. The molecular weight excluding hydrogens is 184 g/mol. The van der Waals surface area contributed by atoms with Gasteiger partial charge in [-0.25, -0.2) is 19.3 Å². The molecule has 0 bridgehead atoms. The molecule has 74 valence electrons. The average molecular weight is 194 g/mol. The van der Waals surface area contributed by atoms with E-state index in [1.807, 2.05) is 0 Å². The summed E-state index contributed by atoms with van der Waals surface area (Å²) in [6.45, 7) is 1.16. The second kappa shape index (κ2) is 3.46. The monoisotopic (exact) mass is 194 g/mol. The van der Waals surface area contributed by atoms with E-state index < -0.39 is 0 Å². The molecule has 0 radical (unpaired) electrons. The molecule has 7 nitrogen and oxygen atoms in total. The van der Waals surface area contributed by atoms with E-state index in [9.17, 15) is 4.79 Å². The topological polar surface area (TPSA) is 101 Å². The predicted molar refractivity (Wildman–Crippen MR) is 51.2 cm³/mol. The van der Waals surface area contributed by atoms with Crippen LogP contribution in [0.5, 0.6) is 0 Å². The first-order valence-corrected chi connectivity index (χ1v) is 4.18. The average Bonchev–Trinajstić information content (AvgIpc) is 2.57. The van der Waals surface area contributed by atoms with Gasteiger partial charge in [0.1, 0.15) is 12.1 Å². The third-order valence-corrected chi connectivity index (χ3v) is 1.76. The van der Waals surface area contributed by atoms with Gasteiger partial charge in [-0.1, -0.05) is 0 Å². The lowest BCUT2D eigenvalue weighted by molar-refractivity contribution is 0.978. The lowest BCUT2D eigenvalue weighted by Crippen LogP contribution is -2.15. The number of rotatable bonds is 3. The van der Waals surface area contributed by atoms with E-state index in [-0.39, 0.29) is 5.69 Å². The van der Waals surface area contributed by atoms with Crippen molar-refractivity contribution in [3.63, 3.8) is 0 Å². The Hall–Kier alpha value is -1.89. The summed E-state index contributed by atoms with van der Waals surface area (Å²) in [4.78, 5) is 15.1. The van der Waals surface area contributed by atoms with Crippen LogP contribution >= 0.6 is 0 Å². The summed E-state index contributed by atoms with van der Waals surface area (Å²) in [6.07, 6.45) is 1.42. The molecule has 0 aromatic carbocycles. The lowest BCUT2D eigenvalue weighted by atomic mass is 10.5. The highest BCUT2D eigenvalue weighted by Crippen LogP contribution is 2.02. The minimum absolute atomic E-state index is 0.294. The number of fused-ring (bicyclic) bond motifs is 1. The van der Waals surface area contributed by atoms with Gasteiger partial charge in [-0.2, -0.15) is 5.10 Å². The van der Waals surface area contributed by atoms with Gasteiger partial charge in [-0.15, -0.1) is 0 Å². The van der Waals surface area contributed by atoms with Crippen LogP contribution in [0.1, 0.15) is 0 Å². The highest BCUT2D eigenvalue weighted by molar-refractivity contribution is 5.48. The minimum Gasteiger partial charge on any atom is -0.369 e. The standard InChI is InChI=1S/C7H10N6O/c8-1-2-9-5-3-6-11-12-7(14)13(6)4-10-5/h3-4,9H,1-2,8H2,(H,12,14). The number of hydrogen-bond donors (Lipinski definition) is 3. The SMILES string of the molecule is NCCNc1cc2n[nH]c(=O)n2cn1. The number of anilines is 1. The van der Waals surface area contributed by atoms with Crippen molar-refractivity contribution in [2.45, 2.75) is 0 Å². The van der Waals surface area contributed by atoms with Crippen LogP contribution in [0.2, 0.25) is 0 Å². The summed E-state index contributed by atoms with van der Waals surface area (Å²) in [7, 11) is 0. The van der Waals surface area contributed by atoms with Crippen molar-refractivity contribution in [1.82, 2.24) is 19.6 Å². The third kappa shape index (κ3) is 1.44. The quantitative estimate of drug-likeness (QED) is 0.569. The van der Waals surface area contributed by atoms with Gasteiger partial charge in [-0.3, -0.25) is 0 Å². The molecule has 0 aliphatic carbocycles. The van der Waals surface area contributed by atoms with Crippen LogP contribution in [-0.2, 0) is 0 Å². The number of H-pyrrole nitrogens is 1. The fourth-order valence-corrected chi connectivity index (χ4v) is 1.11. The number of aromatic nitrogens is 4. The Bertz CT molecular complexity index is 486. The first-order chi connectivity index (χ1) is 6.81. The van der Waals surface area contributed by atoms with Gasteiger partial charge in [0.05, 0.1) is 0 Å². The first-order valence-electron chi connectivity index (χ1n) is 4.18. The molecular formula is C7H10N6O. The van der Waals surface area contributed by atoms with Crippen molar-refractivity contribution in [2.24, 2.45) is 5.73 Å². The van der Waals surface area contributed by atoms with Crippen molar-refractivity contribution >= 4 is 11.5 Å². The summed E-state index contributed by atoms with van der Waals surface area (Å²) in [5, 5.41) is 9.12. The first kappa shape index (κ1) is 8.70. The van der Waals surface area contributed by atoms with Crippen molar-refractivity contribution in [3.05, 3.63) is 22.9 Å². The molecule has 0 aliphatic rings. The summed E-state index contributed by atoms with van der Waals surface area (Å²) < 4.78 is 1.33. The van der Waals surface area contributed by atoms with Crippen molar-refractivity contribution in [2.75, 3.05) is 18.4 Å². The molecule has 2 aromatic heterocycles. The smallest absolute Gasteiger partial charge is 0.348 e. The Balaban J connectivity index is 2.37. The molecule has 0 unspecified atom stereocenters. The zero-order valence-corrected chi connectivity index (χ0v) is 7.40. The fraction of sp³-hybridized carbons (Fsp3) is 0.286. The van der Waals surface area contributed by atoms with Crippen molar-refractivity contribution in [1.29, 1.82) is 0 Å². The Kier molecular flexibility index (Phi) is 2.15. The largest absolute Gasteiger partial charge is 0.369 e. The van der Waals surface area contributed by atoms with Gasteiger partial charge in [0, 0.05) is 19.2 Å². The van der Waals surface area contributed by atoms with Gasteiger partial charge >= 0.3 is 5.69 Å². The van der Waals surface area contributed by atoms with E-state index in [0.717, 1.165) is 0 Å². The van der Waals surface area contributed by atoms with E-state index >= 15 is 0 Å². The highest BCUT2D eigenvalue weighted by atomic mass is 16.1. The molecule has 4 N–H and O–H groups in total. The Morgan fingerprint density at radius 1 is 1.64 bits per heavy atom. The number of aromatic amines is 1. The van der Waals surface area contributed by atoms with E-state index in [1.54, 1.807) is 6.07 Å². The van der Waals surface area contributed by atoms with Gasteiger partial charge < -0.3 is 11.1 Å². The molecule has 14 heavy (non-hydrogen) atoms. The summed E-state index contributed by atoms with van der Waals surface area (Å²) in [5.41, 5.74) is 5.56. The van der Waals surface area contributed by atoms with Crippen LogP contribution in [0.15, 0.2) is 17.2 Å². The van der Waals surface area contributed by atoms with Crippen LogP contribution in [0, 0.1) is 0 Å². The molecule has 0 aliphatic heterocycles. The number of hydrogen-bond acceptors (Lipinski definition) is 5. The van der Waals surface area contributed by atoms with Gasteiger partial charge in [0.15, 0.2) is 5.65 Å². The molecule has 0 fully saturated rings. The van der Waals surface area contributed by atoms with Gasteiger partial charge in [0.2, 0.25) is 0 Å². The molecule has 7 heteroatoms. The highest BCUT2D eigenvalue weighted by Gasteiger charge is 2.00. The van der Waals surface area contributed by atoms with Crippen LogP contribution in [0.25, 0.3) is 5.65 Å². The summed E-state index contributed by atoms with van der Waals surface area (Å²) in [6, 6.07) is 1.67. The van der Waals surface area contributed by atoms with Crippen molar-refractivity contribution in [3.8, 4) is 0 Å². The van der Waals surface area contributed by atoms with Crippen molar-refractivity contribution < 1.29 is 0 Å². The Morgan fingerprint density at radius 2 is 2.50 bits per heavy atom. The maximum absolute atomic E-state index is 11.1. The van der Waals surface area contributed by atoms with E-state index in [0.29, 0.717) is 24.6 Å². The van der Waals surface area contributed by atoms with Crippen LogP contribution in [0.3, 0.4) is 0 Å². The van der Waals surface area contributed by atoms with Crippen LogP contribution < -0.4 is 16.7 Å². The Labute approximate surface area is 79.0 Å². The minimum atomic E-state index is -0.294. The molecule has 0 saturated carbocycles. The van der Waals surface area contributed by atoms with Gasteiger partial charge in [0.25, 0.3) is 0 Å². The second-order valence-electron chi connectivity index (χ2n) is 2.75. The van der Waals surface area contributed by atoms with Crippen LogP contribution in [-0.4, -0.2) is 32.7 Å². The molecule has 0 amide bonds. The number of nitrogens with one attached hydrogen (secondary N) is 2. The zero-order chi connectivity index (χ0) is 9.97. The van der Waals surface area contributed by atoms with Crippen LogP contribution in [0.4, 0.5) is 5.82 Å². The second-order valence-corrected chi connectivity index (χ2v) is 2.75. The lowest BCUT2D eigenvalue weighted by Gasteiger charge is -2.01. The normalized spacial score (nSPS) is 10.6. The van der Waals surface area contributed by atoms with Gasteiger partial charge in [-0.05, 0) is 0 Å². The number of nitrogens with zero attached hydrogens (tertiary/aromatic N) is 3. The number of nitrogens with two attached hydrogens (primary N) is 1.